The van der Waals surface area contributed by atoms with E-state index in [4.69, 9.17) is 4.42 Å². The predicted octanol–water partition coefficient (Wildman–Crippen LogP) is 2.66. The van der Waals surface area contributed by atoms with Gasteiger partial charge in [-0.25, -0.2) is 0 Å². The first kappa shape index (κ1) is 17.2. The Hall–Kier alpha value is -3.22. The third-order valence-corrected chi connectivity index (χ3v) is 4.76. The summed E-state index contributed by atoms with van der Waals surface area (Å²) in [6.07, 6.45) is 6.92. The minimum atomic E-state index is -0.0489. The van der Waals surface area contributed by atoms with Gasteiger partial charge in [-0.2, -0.15) is 0 Å². The summed E-state index contributed by atoms with van der Waals surface area (Å²) in [6, 6.07) is 11.3. The molecule has 0 aromatic carbocycles. The van der Waals surface area contributed by atoms with Crippen molar-refractivity contribution < 1.29 is 9.21 Å². The summed E-state index contributed by atoms with van der Waals surface area (Å²) < 4.78 is 5.34. The lowest BCUT2D eigenvalue weighted by molar-refractivity contribution is -0.125. The summed E-state index contributed by atoms with van der Waals surface area (Å²) in [5.41, 5.74) is 1.75. The van der Waals surface area contributed by atoms with Crippen LogP contribution in [0.2, 0.25) is 0 Å². The molecule has 1 atom stereocenters. The highest BCUT2D eigenvalue weighted by Gasteiger charge is 2.26. The zero-order valence-electron chi connectivity index (χ0n) is 14.9. The van der Waals surface area contributed by atoms with Crippen molar-refractivity contribution in [2.75, 3.05) is 18.0 Å². The molecule has 4 heterocycles. The van der Waals surface area contributed by atoms with E-state index in [2.05, 4.69) is 25.4 Å². The Bertz CT molecular complexity index is 865. The molecule has 3 aromatic rings. The lowest BCUT2D eigenvalue weighted by atomic mass is 9.97. The summed E-state index contributed by atoms with van der Waals surface area (Å²) in [6.45, 7) is 2.05. The van der Waals surface area contributed by atoms with Gasteiger partial charge in [-0.15, -0.1) is 10.2 Å². The van der Waals surface area contributed by atoms with Gasteiger partial charge in [0.1, 0.15) is 5.69 Å². The fourth-order valence-corrected chi connectivity index (χ4v) is 3.28. The molecule has 0 aliphatic carbocycles. The van der Waals surface area contributed by atoms with E-state index in [-0.39, 0.29) is 11.8 Å². The van der Waals surface area contributed by atoms with Crippen molar-refractivity contribution in [3.05, 3.63) is 60.6 Å². The van der Waals surface area contributed by atoms with Crippen LogP contribution < -0.4 is 10.2 Å². The highest BCUT2D eigenvalue weighted by molar-refractivity contribution is 5.79. The fourth-order valence-electron chi connectivity index (χ4n) is 3.28. The molecule has 0 spiro atoms. The summed E-state index contributed by atoms with van der Waals surface area (Å²) in [7, 11) is 0. The van der Waals surface area contributed by atoms with Crippen molar-refractivity contribution in [3.8, 4) is 11.5 Å². The van der Waals surface area contributed by atoms with Gasteiger partial charge in [0.25, 0.3) is 0 Å². The largest absolute Gasteiger partial charge is 0.463 e. The zero-order valence-corrected chi connectivity index (χ0v) is 14.9. The number of piperidine rings is 1. The first-order valence-corrected chi connectivity index (χ1v) is 9.09. The fraction of sp³-hybridized carbons (Fsp3) is 0.300. The molecule has 138 valence electrons. The van der Waals surface area contributed by atoms with Gasteiger partial charge in [0, 0.05) is 32.0 Å². The molecule has 1 aliphatic heterocycles. The number of nitrogens with one attached hydrogen (secondary N) is 1. The SMILES string of the molecule is O=C(NCc1ccncc1)C1CCCN(c2ccc(-c3ccco3)nn2)C1. The number of furan rings is 1. The van der Waals surface area contributed by atoms with E-state index in [1.54, 1.807) is 18.7 Å². The molecule has 1 unspecified atom stereocenters. The maximum atomic E-state index is 12.6. The van der Waals surface area contributed by atoms with Crippen molar-refractivity contribution in [2.45, 2.75) is 19.4 Å². The molecule has 27 heavy (non-hydrogen) atoms. The molecule has 7 heteroatoms. The minimum absolute atomic E-state index is 0.0489. The van der Waals surface area contributed by atoms with Gasteiger partial charge < -0.3 is 14.6 Å². The Morgan fingerprint density at radius 3 is 2.81 bits per heavy atom. The highest BCUT2D eigenvalue weighted by atomic mass is 16.3. The first-order valence-electron chi connectivity index (χ1n) is 9.09. The van der Waals surface area contributed by atoms with Crippen molar-refractivity contribution in [1.29, 1.82) is 0 Å². The van der Waals surface area contributed by atoms with E-state index in [0.29, 0.717) is 24.5 Å². The maximum Gasteiger partial charge on any atom is 0.225 e. The van der Waals surface area contributed by atoms with Gasteiger partial charge in [-0.3, -0.25) is 9.78 Å². The molecule has 4 rings (SSSR count). The standard InChI is InChI=1S/C20H21N5O2/c26-20(22-13-15-7-9-21-10-8-15)16-3-1-11-25(14-16)19-6-5-17(23-24-19)18-4-2-12-27-18/h2,4-10,12,16H,1,3,11,13-14H2,(H,22,26). The minimum Gasteiger partial charge on any atom is -0.463 e. The molecule has 1 saturated heterocycles. The van der Waals surface area contributed by atoms with E-state index >= 15 is 0 Å². The molecule has 0 radical (unpaired) electrons. The number of aromatic nitrogens is 3. The van der Waals surface area contributed by atoms with E-state index in [0.717, 1.165) is 30.8 Å². The lowest BCUT2D eigenvalue weighted by Crippen LogP contribution is -2.43. The normalized spacial score (nSPS) is 16.9. The predicted molar refractivity (Wildman–Crippen MR) is 101 cm³/mol. The van der Waals surface area contributed by atoms with Crippen LogP contribution in [0.4, 0.5) is 5.82 Å². The average Bonchev–Trinajstić information content (AvgIpc) is 3.28. The molecule has 7 nitrogen and oxygen atoms in total. The van der Waals surface area contributed by atoms with Crippen LogP contribution in [0.3, 0.4) is 0 Å². The molecular formula is C20H21N5O2. The second kappa shape index (κ2) is 7.99. The Labute approximate surface area is 157 Å². The first-order chi connectivity index (χ1) is 13.3. The van der Waals surface area contributed by atoms with E-state index in [9.17, 15) is 4.79 Å². The molecular weight excluding hydrogens is 342 g/mol. The Balaban J connectivity index is 1.36. The molecule has 0 saturated carbocycles. The van der Waals surface area contributed by atoms with Gasteiger partial charge in [0.2, 0.25) is 5.91 Å². The number of carbonyl (C=O) groups excluding carboxylic acids is 1. The second-order valence-electron chi connectivity index (χ2n) is 6.61. The average molecular weight is 363 g/mol. The van der Waals surface area contributed by atoms with Crippen LogP contribution in [0, 0.1) is 5.92 Å². The maximum absolute atomic E-state index is 12.6. The quantitative estimate of drug-likeness (QED) is 0.750. The van der Waals surface area contributed by atoms with E-state index in [1.807, 2.05) is 36.4 Å². The molecule has 1 aliphatic rings. The number of anilines is 1. The number of carbonyl (C=O) groups is 1. The van der Waals surface area contributed by atoms with Crippen LogP contribution in [0.1, 0.15) is 18.4 Å². The number of rotatable bonds is 5. The third kappa shape index (κ3) is 4.13. The Kier molecular flexibility index (Phi) is 5.09. The third-order valence-electron chi connectivity index (χ3n) is 4.76. The van der Waals surface area contributed by atoms with Gasteiger partial charge in [-0.1, -0.05) is 0 Å². The Morgan fingerprint density at radius 1 is 1.19 bits per heavy atom. The zero-order chi connectivity index (χ0) is 18.5. The van der Waals surface area contributed by atoms with Crippen molar-refractivity contribution in [1.82, 2.24) is 20.5 Å². The number of nitrogens with zero attached hydrogens (tertiary/aromatic N) is 4. The molecule has 1 N–H and O–H groups in total. The smallest absolute Gasteiger partial charge is 0.225 e. The van der Waals surface area contributed by atoms with Crippen LogP contribution in [0.5, 0.6) is 0 Å². The molecule has 3 aromatic heterocycles. The number of amides is 1. The van der Waals surface area contributed by atoms with Crippen LogP contribution in [-0.2, 0) is 11.3 Å². The molecule has 1 fully saturated rings. The summed E-state index contributed by atoms with van der Waals surface area (Å²) in [5, 5.41) is 11.6. The molecule has 1 amide bonds. The van der Waals surface area contributed by atoms with E-state index in [1.165, 1.54) is 0 Å². The van der Waals surface area contributed by atoms with Crippen molar-refractivity contribution in [3.63, 3.8) is 0 Å². The number of hydrogen-bond acceptors (Lipinski definition) is 6. The number of hydrogen-bond donors (Lipinski definition) is 1. The van der Waals surface area contributed by atoms with Crippen LogP contribution in [0.25, 0.3) is 11.5 Å². The van der Waals surface area contributed by atoms with Gasteiger partial charge in [-0.05, 0) is 54.8 Å². The van der Waals surface area contributed by atoms with E-state index < -0.39 is 0 Å². The Morgan fingerprint density at radius 2 is 2.07 bits per heavy atom. The summed E-state index contributed by atoms with van der Waals surface area (Å²) >= 11 is 0. The second-order valence-corrected chi connectivity index (χ2v) is 6.61. The topological polar surface area (TPSA) is 84.2 Å². The van der Waals surface area contributed by atoms with Crippen LogP contribution >= 0.6 is 0 Å². The van der Waals surface area contributed by atoms with Gasteiger partial charge in [0.15, 0.2) is 11.6 Å². The van der Waals surface area contributed by atoms with Crippen molar-refractivity contribution in [2.24, 2.45) is 5.92 Å². The monoisotopic (exact) mass is 363 g/mol. The van der Waals surface area contributed by atoms with Gasteiger partial charge >= 0.3 is 0 Å². The van der Waals surface area contributed by atoms with Crippen molar-refractivity contribution >= 4 is 11.7 Å². The van der Waals surface area contributed by atoms with Gasteiger partial charge in [0.05, 0.1) is 12.2 Å². The highest BCUT2D eigenvalue weighted by Crippen LogP contribution is 2.23. The van der Waals surface area contributed by atoms with Crippen LogP contribution in [0.15, 0.2) is 59.5 Å². The lowest BCUT2D eigenvalue weighted by Gasteiger charge is -2.32. The summed E-state index contributed by atoms with van der Waals surface area (Å²) in [5.74, 6) is 1.52. The molecule has 0 bridgehead atoms. The number of pyridine rings is 1. The summed E-state index contributed by atoms with van der Waals surface area (Å²) in [4.78, 5) is 18.7. The van der Waals surface area contributed by atoms with Crippen LogP contribution in [-0.4, -0.2) is 34.2 Å².